The van der Waals surface area contributed by atoms with Crippen LogP contribution in [0.15, 0.2) is 47.4 Å². The number of benzene rings is 2. The van der Waals surface area contributed by atoms with Crippen LogP contribution < -0.4 is 19.5 Å². The Labute approximate surface area is 172 Å². The smallest absolute Gasteiger partial charge is 0.387 e. The Bertz CT molecular complexity index is 1010. The van der Waals surface area contributed by atoms with Gasteiger partial charge in [0.05, 0.1) is 12.0 Å². The second-order valence-corrected chi connectivity index (χ2v) is 7.79. The minimum Gasteiger partial charge on any atom is -0.493 e. The van der Waals surface area contributed by atoms with Crippen LogP contribution in [0.1, 0.15) is 23.7 Å². The van der Waals surface area contributed by atoms with Gasteiger partial charge in [0.2, 0.25) is 15.9 Å². The summed E-state index contributed by atoms with van der Waals surface area (Å²) in [6.45, 7) is -1.89. The van der Waals surface area contributed by atoms with E-state index < -0.39 is 22.5 Å². The fourth-order valence-corrected chi connectivity index (χ4v) is 3.45. The van der Waals surface area contributed by atoms with Gasteiger partial charge in [-0.15, -0.1) is 0 Å². The molecule has 11 heteroatoms. The van der Waals surface area contributed by atoms with E-state index in [0.717, 1.165) is 0 Å². The summed E-state index contributed by atoms with van der Waals surface area (Å²) in [6, 6.07) is 9.32. The number of alkyl halides is 2. The number of ether oxygens (including phenoxy) is 2. The number of methoxy groups -OCH3 is 1. The molecule has 2 aromatic carbocycles. The Morgan fingerprint density at radius 3 is 2.30 bits per heavy atom. The highest BCUT2D eigenvalue weighted by molar-refractivity contribution is 7.89. The molecular weight excluding hydrogens is 422 g/mol. The number of anilines is 1. The average molecular weight is 442 g/mol. The van der Waals surface area contributed by atoms with Crippen LogP contribution in [0.3, 0.4) is 0 Å². The topological polar surface area (TPSA) is 111 Å². The van der Waals surface area contributed by atoms with Crippen molar-refractivity contribution in [3.8, 4) is 11.5 Å². The van der Waals surface area contributed by atoms with Gasteiger partial charge in [-0.3, -0.25) is 9.59 Å². The van der Waals surface area contributed by atoms with Gasteiger partial charge < -0.3 is 14.8 Å². The zero-order valence-electron chi connectivity index (χ0n) is 16.1. The van der Waals surface area contributed by atoms with Crippen LogP contribution in [-0.2, 0) is 14.8 Å². The summed E-state index contributed by atoms with van der Waals surface area (Å²) < 4.78 is 60.9. The summed E-state index contributed by atoms with van der Waals surface area (Å²) in [5, 5.41) is 2.46. The lowest BCUT2D eigenvalue weighted by molar-refractivity contribution is -0.116. The number of carbonyl (C=O) groups excluding carboxylic acids is 2. The summed E-state index contributed by atoms with van der Waals surface area (Å²) in [5.74, 6) is -0.918. The van der Waals surface area contributed by atoms with Crippen LogP contribution in [0.25, 0.3) is 0 Å². The number of nitrogens with one attached hydrogen (secondary N) is 2. The number of hydrogen-bond acceptors (Lipinski definition) is 6. The van der Waals surface area contributed by atoms with Gasteiger partial charge in [0, 0.05) is 30.3 Å². The van der Waals surface area contributed by atoms with Crippen molar-refractivity contribution in [1.29, 1.82) is 0 Å². The normalized spacial score (nSPS) is 11.2. The maximum atomic E-state index is 12.5. The fraction of sp³-hybridized carbons (Fsp3) is 0.263. The van der Waals surface area contributed by atoms with E-state index in [-0.39, 0.29) is 40.8 Å². The first-order chi connectivity index (χ1) is 14.1. The molecule has 0 atom stereocenters. The first kappa shape index (κ1) is 23.2. The Kier molecular flexibility index (Phi) is 7.84. The first-order valence-electron chi connectivity index (χ1n) is 8.65. The number of ketones is 1. The third-order valence-corrected chi connectivity index (χ3v) is 5.36. The van der Waals surface area contributed by atoms with E-state index in [0.29, 0.717) is 5.56 Å². The molecule has 2 rings (SSSR count). The van der Waals surface area contributed by atoms with E-state index in [1.54, 1.807) is 0 Å². The largest absolute Gasteiger partial charge is 0.493 e. The number of Topliss-reactive ketones (excluding diaryl/α,β-unsaturated/α-hetero) is 1. The van der Waals surface area contributed by atoms with Gasteiger partial charge in [0.1, 0.15) is 0 Å². The van der Waals surface area contributed by atoms with Crippen LogP contribution in [0.4, 0.5) is 14.5 Å². The standard InChI is InChI=1S/C19H20F2N2O6S/c1-12(24)13-3-6-15(7-4-13)30(26,27)22-10-9-18(25)23-14-5-8-16(28-2)17(11-14)29-19(20)21/h3-8,11,19,22H,9-10H2,1-2H3,(H,23,25). The molecule has 0 saturated heterocycles. The molecule has 0 radical (unpaired) electrons. The average Bonchev–Trinajstić information content (AvgIpc) is 2.67. The van der Waals surface area contributed by atoms with Crippen molar-refractivity contribution in [1.82, 2.24) is 4.72 Å². The molecule has 0 unspecified atom stereocenters. The van der Waals surface area contributed by atoms with Crippen molar-refractivity contribution >= 4 is 27.4 Å². The van der Waals surface area contributed by atoms with Gasteiger partial charge >= 0.3 is 6.61 Å². The first-order valence-corrected chi connectivity index (χ1v) is 10.1. The van der Waals surface area contributed by atoms with Crippen LogP contribution >= 0.6 is 0 Å². The lowest BCUT2D eigenvalue weighted by Crippen LogP contribution is -2.27. The van der Waals surface area contributed by atoms with Gasteiger partial charge in [-0.05, 0) is 31.2 Å². The molecule has 30 heavy (non-hydrogen) atoms. The van der Waals surface area contributed by atoms with E-state index in [2.05, 4.69) is 14.8 Å². The molecule has 2 N–H and O–H groups in total. The zero-order valence-corrected chi connectivity index (χ0v) is 17.0. The van der Waals surface area contributed by atoms with Gasteiger partial charge in [-0.25, -0.2) is 13.1 Å². The van der Waals surface area contributed by atoms with Crippen LogP contribution in [0, 0.1) is 0 Å². The number of rotatable bonds is 10. The van der Waals surface area contributed by atoms with Crippen LogP contribution in [-0.4, -0.2) is 40.4 Å². The SMILES string of the molecule is COc1ccc(NC(=O)CCNS(=O)(=O)c2ccc(C(C)=O)cc2)cc1OC(F)F. The molecule has 2 aromatic rings. The Morgan fingerprint density at radius 2 is 1.73 bits per heavy atom. The molecule has 162 valence electrons. The van der Waals surface area contributed by atoms with Crippen molar-refractivity contribution < 1.29 is 36.3 Å². The molecule has 0 aliphatic carbocycles. The molecule has 0 spiro atoms. The van der Waals surface area contributed by atoms with E-state index in [9.17, 15) is 26.8 Å². The third-order valence-electron chi connectivity index (χ3n) is 3.88. The molecule has 0 heterocycles. The minimum atomic E-state index is -3.86. The number of halogens is 2. The molecule has 1 amide bonds. The van der Waals surface area contributed by atoms with Gasteiger partial charge in [0.25, 0.3) is 0 Å². The van der Waals surface area contributed by atoms with Gasteiger partial charge in [-0.1, -0.05) is 12.1 Å². The maximum Gasteiger partial charge on any atom is 0.387 e. The van der Waals surface area contributed by atoms with Crippen molar-refractivity contribution in [3.63, 3.8) is 0 Å². The fourth-order valence-electron chi connectivity index (χ4n) is 2.42. The lowest BCUT2D eigenvalue weighted by Gasteiger charge is -2.12. The van der Waals surface area contributed by atoms with Crippen molar-refractivity contribution in [2.75, 3.05) is 19.0 Å². The molecule has 0 aliphatic heterocycles. The molecule has 8 nitrogen and oxygen atoms in total. The number of amides is 1. The van der Waals surface area contributed by atoms with E-state index in [1.807, 2.05) is 0 Å². The molecule has 0 aliphatic rings. The number of carbonyl (C=O) groups is 2. The molecule has 0 fully saturated rings. The molecule has 0 aromatic heterocycles. The van der Waals surface area contributed by atoms with Gasteiger partial charge in [0.15, 0.2) is 17.3 Å². The highest BCUT2D eigenvalue weighted by Gasteiger charge is 2.16. The molecule has 0 saturated carbocycles. The third kappa shape index (κ3) is 6.49. The second kappa shape index (κ2) is 10.1. The Balaban J connectivity index is 1.93. The van der Waals surface area contributed by atoms with Crippen molar-refractivity contribution in [3.05, 3.63) is 48.0 Å². The summed E-state index contributed by atoms with van der Waals surface area (Å²) in [6.07, 6.45) is -0.207. The highest BCUT2D eigenvalue weighted by atomic mass is 32.2. The zero-order chi connectivity index (χ0) is 22.3. The van der Waals surface area contributed by atoms with Crippen molar-refractivity contribution in [2.24, 2.45) is 0 Å². The number of hydrogen-bond donors (Lipinski definition) is 2. The Hall–Kier alpha value is -3.05. The van der Waals surface area contributed by atoms with Crippen LogP contribution in [0.5, 0.6) is 11.5 Å². The van der Waals surface area contributed by atoms with Crippen molar-refractivity contribution in [2.45, 2.75) is 24.9 Å². The van der Waals surface area contributed by atoms with E-state index in [4.69, 9.17) is 4.74 Å². The molecular formula is C19H20F2N2O6S. The lowest BCUT2D eigenvalue weighted by atomic mass is 10.2. The van der Waals surface area contributed by atoms with E-state index in [1.165, 1.54) is 56.5 Å². The van der Waals surface area contributed by atoms with E-state index >= 15 is 0 Å². The Morgan fingerprint density at radius 1 is 1.07 bits per heavy atom. The predicted molar refractivity (Wildman–Crippen MR) is 105 cm³/mol. The monoisotopic (exact) mass is 442 g/mol. The minimum absolute atomic E-state index is 0.0446. The summed E-state index contributed by atoms with van der Waals surface area (Å²) >= 11 is 0. The number of sulfonamides is 1. The summed E-state index contributed by atoms with van der Waals surface area (Å²) in [5.41, 5.74) is 0.558. The quantitative estimate of drug-likeness (QED) is 0.548. The highest BCUT2D eigenvalue weighted by Crippen LogP contribution is 2.31. The summed E-state index contributed by atoms with van der Waals surface area (Å²) in [4.78, 5) is 23.2. The predicted octanol–water partition coefficient (Wildman–Crippen LogP) is 2.81. The second-order valence-electron chi connectivity index (χ2n) is 6.02. The molecule has 0 bridgehead atoms. The van der Waals surface area contributed by atoms with Crippen LogP contribution in [0.2, 0.25) is 0 Å². The maximum absolute atomic E-state index is 12.5. The van der Waals surface area contributed by atoms with Gasteiger partial charge in [-0.2, -0.15) is 8.78 Å². The summed E-state index contributed by atoms with van der Waals surface area (Å²) in [7, 11) is -2.58.